The molecule has 0 spiro atoms. The highest BCUT2D eigenvalue weighted by Gasteiger charge is 2.44. The number of amides is 2. The highest BCUT2D eigenvalue weighted by Crippen LogP contribution is 2.42. The van der Waals surface area contributed by atoms with E-state index in [4.69, 9.17) is 11.6 Å². The Labute approximate surface area is 157 Å². The van der Waals surface area contributed by atoms with E-state index in [2.05, 4.69) is 15.5 Å². The van der Waals surface area contributed by atoms with Crippen LogP contribution in [0, 0.1) is 0 Å². The van der Waals surface area contributed by atoms with E-state index in [0.717, 1.165) is 16.9 Å². The van der Waals surface area contributed by atoms with Crippen molar-refractivity contribution in [3.05, 3.63) is 40.5 Å². The van der Waals surface area contributed by atoms with Crippen LogP contribution in [0.5, 0.6) is 0 Å². The third kappa shape index (κ3) is 3.45. The lowest BCUT2D eigenvalue weighted by Crippen LogP contribution is -2.40. The Bertz CT molecular complexity index is 859. The number of hydrogen-bond acceptors (Lipinski definition) is 4. The molecule has 1 aliphatic rings. The second-order valence-electron chi connectivity index (χ2n) is 7.24. The van der Waals surface area contributed by atoms with Gasteiger partial charge in [-0.2, -0.15) is 5.10 Å². The van der Waals surface area contributed by atoms with Gasteiger partial charge in [0.1, 0.15) is 6.54 Å². The number of anilines is 2. The maximum atomic E-state index is 12.8. The fourth-order valence-corrected chi connectivity index (χ4v) is 3.31. The van der Waals surface area contributed by atoms with E-state index in [1.807, 2.05) is 32.8 Å². The number of carbonyl (C=O) groups is 2. The molecule has 1 aliphatic heterocycles. The van der Waals surface area contributed by atoms with E-state index in [1.54, 1.807) is 24.3 Å². The van der Waals surface area contributed by atoms with Gasteiger partial charge < -0.3 is 15.1 Å². The van der Waals surface area contributed by atoms with E-state index >= 15 is 0 Å². The minimum absolute atomic E-state index is 0.0766. The third-order valence-corrected chi connectivity index (χ3v) is 4.62. The molecule has 3 rings (SSSR count). The number of benzene rings is 1. The van der Waals surface area contributed by atoms with Crippen molar-refractivity contribution in [3.63, 3.8) is 0 Å². The number of hydrogen-bond donors (Lipinski definition) is 2. The van der Waals surface area contributed by atoms with E-state index in [9.17, 15) is 9.59 Å². The molecule has 1 aromatic carbocycles. The maximum Gasteiger partial charge on any atom is 0.245 e. The summed E-state index contributed by atoms with van der Waals surface area (Å²) in [6.07, 6.45) is 0. The minimum Gasteiger partial charge on any atom is -0.308 e. The van der Waals surface area contributed by atoms with Crippen molar-refractivity contribution in [2.24, 2.45) is 0 Å². The summed E-state index contributed by atoms with van der Waals surface area (Å²) >= 11 is 6.07. The summed E-state index contributed by atoms with van der Waals surface area (Å²) in [4.78, 5) is 28.7. The number of fused-ring (bicyclic) bond motifs is 1. The molecule has 0 aliphatic carbocycles. The van der Waals surface area contributed by atoms with Crippen molar-refractivity contribution in [1.82, 2.24) is 15.1 Å². The average molecular weight is 376 g/mol. The second kappa shape index (κ2) is 6.74. The van der Waals surface area contributed by atoms with Gasteiger partial charge in [-0.3, -0.25) is 14.7 Å². The van der Waals surface area contributed by atoms with Gasteiger partial charge in [0.2, 0.25) is 11.8 Å². The van der Waals surface area contributed by atoms with E-state index in [0.29, 0.717) is 17.4 Å². The molecule has 2 heterocycles. The van der Waals surface area contributed by atoms with Crippen molar-refractivity contribution in [2.45, 2.75) is 25.8 Å². The Hall–Kier alpha value is -2.38. The molecule has 2 aromatic rings. The first-order valence-corrected chi connectivity index (χ1v) is 8.67. The van der Waals surface area contributed by atoms with E-state index in [-0.39, 0.29) is 18.4 Å². The smallest absolute Gasteiger partial charge is 0.245 e. The summed E-state index contributed by atoms with van der Waals surface area (Å²) < 4.78 is 0. The molecule has 0 unspecified atom stereocenters. The van der Waals surface area contributed by atoms with Crippen LogP contribution >= 0.6 is 11.6 Å². The van der Waals surface area contributed by atoms with Crippen LogP contribution in [0.4, 0.5) is 11.5 Å². The Morgan fingerprint density at radius 1 is 1.35 bits per heavy atom. The molecule has 0 fully saturated rings. The van der Waals surface area contributed by atoms with Crippen LogP contribution in [0.1, 0.15) is 25.1 Å². The largest absolute Gasteiger partial charge is 0.308 e. The first-order valence-electron chi connectivity index (χ1n) is 8.29. The van der Waals surface area contributed by atoms with Gasteiger partial charge in [-0.05, 0) is 51.7 Å². The quantitative estimate of drug-likeness (QED) is 0.840. The molecule has 1 aromatic heterocycles. The zero-order chi connectivity index (χ0) is 19.1. The lowest BCUT2D eigenvalue weighted by Gasteiger charge is -2.19. The molecule has 2 amide bonds. The van der Waals surface area contributed by atoms with Crippen LogP contribution in [0.3, 0.4) is 0 Å². The molecule has 2 N–H and O–H groups in total. The highest BCUT2D eigenvalue weighted by atomic mass is 35.5. The number of carbonyl (C=O) groups excluding carboxylic acids is 2. The molecular formula is C18H22ClN5O2. The first-order chi connectivity index (χ1) is 12.2. The summed E-state index contributed by atoms with van der Waals surface area (Å²) in [5.41, 5.74) is 1.72. The molecule has 26 heavy (non-hydrogen) atoms. The lowest BCUT2D eigenvalue weighted by molar-refractivity contribution is -0.124. The molecule has 0 radical (unpaired) electrons. The maximum absolute atomic E-state index is 12.8. The Morgan fingerprint density at radius 2 is 2.08 bits per heavy atom. The standard InChI is InChI=1S/C18H22ClN5O2/c1-18(2)13-7-11(19)5-6-14(13)24(17(18)26)10-16(25)20-15-8-12(21-22-15)9-23(3)4/h5-8H,9-10H2,1-4H3,(H2,20,21,22,25). The normalized spacial score (nSPS) is 15.5. The summed E-state index contributed by atoms with van der Waals surface area (Å²) in [5, 5.41) is 10.3. The molecule has 0 saturated carbocycles. The van der Waals surface area contributed by atoms with Crippen molar-refractivity contribution in [3.8, 4) is 0 Å². The van der Waals surface area contributed by atoms with Gasteiger partial charge in [0.05, 0.1) is 11.1 Å². The second-order valence-corrected chi connectivity index (χ2v) is 7.68. The van der Waals surface area contributed by atoms with Crippen molar-refractivity contribution >= 4 is 34.9 Å². The number of rotatable bonds is 5. The Balaban J connectivity index is 1.74. The van der Waals surface area contributed by atoms with Crippen molar-refractivity contribution in [1.29, 1.82) is 0 Å². The molecule has 0 saturated heterocycles. The van der Waals surface area contributed by atoms with E-state index < -0.39 is 5.41 Å². The van der Waals surface area contributed by atoms with Crippen LogP contribution in [0.25, 0.3) is 0 Å². The van der Waals surface area contributed by atoms with Gasteiger partial charge in [-0.1, -0.05) is 11.6 Å². The topological polar surface area (TPSA) is 81.3 Å². The van der Waals surface area contributed by atoms with Crippen molar-refractivity contribution < 1.29 is 9.59 Å². The zero-order valence-corrected chi connectivity index (χ0v) is 16.0. The summed E-state index contributed by atoms with van der Waals surface area (Å²) in [6.45, 7) is 4.29. The van der Waals surface area contributed by atoms with Crippen LogP contribution in [0.2, 0.25) is 5.02 Å². The van der Waals surface area contributed by atoms with E-state index in [1.165, 1.54) is 4.90 Å². The first kappa shape index (κ1) is 18.4. The third-order valence-electron chi connectivity index (χ3n) is 4.39. The molecular weight excluding hydrogens is 354 g/mol. The predicted octanol–water partition coefficient (Wildman–Crippen LogP) is 2.39. The van der Waals surface area contributed by atoms with Gasteiger partial charge in [-0.15, -0.1) is 0 Å². The fourth-order valence-electron chi connectivity index (χ4n) is 3.14. The molecule has 7 nitrogen and oxygen atoms in total. The van der Waals surface area contributed by atoms with Gasteiger partial charge in [0, 0.05) is 23.3 Å². The number of nitrogens with zero attached hydrogens (tertiary/aromatic N) is 3. The Kier molecular flexibility index (Phi) is 4.77. The van der Waals surface area contributed by atoms with Gasteiger partial charge in [0.15, 0.2) is 5.82 Å². The number of halogens is 1. The average Bonchev–Trinajstić information content (AvgIpc) is 3.04. The minimum atomic E-state index is -0.717. The number of H-pyrrole nitrogens is 1. The summed E-state index contributed by atoms with van der Waals surface area (Å²) in [7, 11) is 3.90. The summed E-state index contributed by atoms with van der Waals surface area (Å²) in [5.74, 6) is 0.00850. The number of nitrogens with one attached hydrogen (secondary N) is 2. The molecule has 0 bridgehead atoms. The molecule has 8 heteroatoms. The molecule has 138 valence electrons. The fraction of sp³-hybridized carbons (Fsp3) is 0.389. The van der Waals surface area contributed by atoms with Crippen LogP contribution in [0.15, 0.2) is 24.3 Å². The van der Waals surface area contributed by atoms with Crippen LogP contribution in [-0.2, 0) is 21.5 Å². The molecule has 0 atom stereocenters. The summed E-state index contributed by atoms with van der Waals surface area (Å²) in [6, 6.07) is 7.07. The zero-order valence-electron chi connectivity index (χ0n) is 15.3. The number of aromatic nitrogens is 2. The highest BCUT2D eigenvalue weighted by molar-refractivity contribution is 6.31. The van der Waals surface area contributed by atoms with Crippen LogP contribution < -0.4 is 10.2 Å². The number of aromatic amines is 1. The lowest BCUT2D eigenvalue weighted by atomic mass is 9.86. The monoisotopic (exact) mass is 375 g/mol. The predicted molar refractivity (Wildman–Crippen MR) is 101 cm³/mol. The van der Waals surface area contributed by atoms with Gasteiger partial charge in [0.25, 0.3) is 0 Å². The van der Waals surface area contributed by atoms with Gasteiger partial charge >= 0.3 is 0 Å². The van der Waals surface area contributed by atoms with Crippen LogP contribution in [-0.4, -0.2) is 47.6 Å². The Morgan fingerprint density at radius 3 is 2.77 bits per heavy atom. The van der Waals surface area contributed by atoms with Gasteiger partial charge in [-0.25, -0.2) is 0 Å². The SMILES string of the molecule is CN(C)Cc1cc(NC(=O)CN2C(=O)C(C)(C)c3cc(Cl)ccc32)n[nH]1. The van der Waals surface area contributed by atoms with Crippen molar-refractivity contribution in [2.75, 3.05) is 30.9 Å².